The first-order chi connectivity index (χ1) is 17.6. The number of esters is 1. The third kappa shape index (κ3) is 3.90. The van der Waals surface area contributed by atoms with Gasteiger partial charge in [0.15, 0.2) is 6.29 Å². The van der Waals surface area contributed by atoms with Crippen molar-refractivity contribution < 1.29 is 34.0 Å². The van der Waals surface area contributed by atoms with Crippen molar-refractivity contribution in [1.82, 2.24) is 0 Å². The summed E-state index contributed by atoms with van der Waals surface area (Å²) in [5, 5.41) is 22.6. The van der Waals surface area contributed by atoms with Gasteiger partial charge in [0.25, 0.3) is 0 Å². The summed E-state index contributed by atoms with van der Waals surface area (Å²) in [4.78, 5) is 11.8. The smallest absolute Gasteiger partial charge is 0.331 e. The van der Waals surface area contributed by atoms with Crippen molar-refractivity contribution in [3.63, 3.8) is 0 Å². The topological polar surface area (TPSA) is 94.5 Å². The van der Waals surface area contributed by atoms with E-state index in [1.165, 1.54) is 11.1 Å². The first-order valence-corrected chi connectivity index (χ1v) is 14.4. The molecule has 0 aromatic carbocycles. The molecule has 0 radical (unpaired) electrons. The molecule has 0 aromatic heterocycles. The summed E-state index contributed by atoms with van der Waals surface area (Å²) < 4.78 is 23.2. The Labute approximate surface area is 220 Å². The average molecular weight is 517 g/mol. The number of methoxy groups -OCH3 is 1. The fraction of sp³-hybridized carbons (Fsp3) is 0.833. The van der Waals surface area contributed by atoms with Crippen molar-refractivity contribution in [2.75, 3.05) is 13.7 Å². The summed E-state index contributed by atoms with van der Waals surface area (Å²) in [6.07, 6.45) is 9.57. The van der Waals surface area contributed by atoms with E-state index in [0.29, 0.717) is 18.9 Å². The third-order valence-corrected chi connectivity index (χ3v) is 11.6. The highest BCUT2D eigenvalue weighted by molar-refractivity contribution is 5.85. The molecule has 37 heavy (non-hydrogen) atoms. The fourth-order valence-electron chi connectivity index (χ4n) is 9.26. The molecule has 7 heteroatoms. The van der Waals surface area contributed by atoms with Crippen molar-refractivity contribution in [2.45, 2.75) is 121 Å². The molecular weight excluding hydrogens is 472 g/mol. The maximum atomic E-state index is 12.3. The fourth-order valence-corrected chi connectivity index (χ4v) is 9.26. The lowest BCUT2D eigenvalue weighted by molar-refractivity contribution is -0.268. The predicted octanol–water partition coefficient (Wildman–Crippen LogP) is 4.20. The van der Waals surface area contributed by atoms with Gasteiger partial charge in [-0.25, -0.2) is 4.79 Å². The number of hydrogen-bond acceptors (Lipinski definition) is 7. The zero-order valence-electron chi connectivity index (χ0n) is 22.8. The zero-order chi connectivity index (χ0) is 26.2. The molecule has 7 nitrogen and oxygen atoms in total. The molecule has 2 N–H and O–H groups in total. The van der Waals surface area contributed by atoms with E-state index >= 15 is 0 Å². The Morgan fingerprint density at radius 2 is 1.86 bits per heavy atom. The number of hydrogen-bond donors (Lipinski definition) is 2. The van der Waals surface area contributed by atoms with Gasteiger partial charge in [-0.1, -0.05) is 19.4 Å². The van der Waals surface area contributed by atoms with Gasteiger partial charge < -0.3 is 29.2 Å². The van der Waals surface area contributed by atoms with E-state index < -0.39 is 11.7 Å². The number of rotatable bonds is 4. The molecule has 0 unspecified atom stereocenters. The molecule has 3 fully saturated rings. The minimum absolute atomic E-state index is 0.0975. The zero-order valence-corrected chi connectivity index (χ0v) is 22.8. The summed E-state index contributed by atoms with van der Waals surface area (Å²) in [5.74, 6) is 0.502. The minimum Gasteiger partial charge on any atom is -0.458 e. The highest BCUT2D eigenvalue weighted by atomic mass is 16.7. The molecule has 6 rings (SSSR count). The summed E-state index contributed by atoms with van der Waals surface area (Å²) in [7, 11) is 1.63. The number of ether oxygens (including phenoxy) is 4. The number of carbonyl (C=O) groups is 1. The third-order valence-electron chi connectivity index (χ3n) is 11.6. The first-order valence-electron chi connectivity index (χ1n) is 14.4. The number of cyclic esters (lactones) is 1. The Hall–Kier alpha value is -1.25. The Morgan fingerprint density at radius 1 is 1.05 bits per heavy atom. The van der Waals surface area contributed by atoms with Crippen molar-refractivity contribution in [2.24, 2.45) is 22.7 Å². The molecule has 0 bridgehead atoms. The number of aliphatic hydroxyl groups excluding tert-OH is 1. The predicted molar refractivity (Wildman–Crippen MR) is 136 cm³/mol. The van der Waals surface area contributed by atoms with Gasteiger partial charge in [0.1, 0.15) is 12.7 Å². The summed E-state index contributed by atoms with van der Waals surface area (Å²) in [5.41, 5.74) is 2.97. The monoisotopic (exact) mass is 516 g/mol. The van der Waals surface area contributed by atoms with Crippen LogP contribution in [0.4, 0.5) is 0 Å². The molecular formula is C30H44O7. The van der Waals surface area contributed by atoms with Crippen LogP contribution < -0.4 is 0 Å². The molecule has 10 atom stereocenters. The Kier molecular flexibility index (Phi) is 6.43. The van der Waals surface area contributed by atoms with Crippen molar-refractivity contribution in [3.8, 4) is 0 Å². The molecule has 2 heterocycles. The minimum atomic E-state index is -0.791. The van der Waals surface area contributed by atoms with Crippen LogP contribution in [-0.2, 0) is 23.7 Å². The molecule has 2 aliphatic heterocycles. The van der Waals surface area contributed by atoms with Crippen LogP contribution in [0.2, 0.25) is 0 Å². The molecule has 4 aliphatic carbocycles. The van der Waals surface area contributed by atoms with Crippen LogP contribution in [0.3, 0.4) is 0 Å². The second kappa shape index (κ2) is 9.16. The summed E-state index contributed by atoms with van der Waals surface area (Å²) in [6.45, 7) is 6.95. The lowest BCUT2D eigenvalue weighted by Gasteiger charge is -2.57. The summed E-state index contributed by atoms with van der Waals surface area (Å²) in [6, 6.07) is 0. The van der Waals surface area contributed by atoms with Crippen LogP contribution in [0.5, 0.6) is 0 Å². The van der Waals surface area contributed by atoms with Crippen LogP contribution in [0, 0.1) is 22.7 Å². The van der Waals surface area contributed by atoms with Crippen LogP contribution in [0.25, 0.3) is 0 Å². The van der Waals surface area contributed by atoms with E-state index in [1.807, 2.05) is 6.92 Å². The van der Waals surface area contributed by atoms with E-state index in [2.05, 4.69) is 13.8 Å². The first kappa shape index (κ1) is 26.0. The quantitative estimate of drug-likeness (QED) is 0.427. The van der Waals surface area contributed by atoms with E-state index in [9.17, 15) is 15.0 Å². The van der Waals surface area contributed by atoms with E-state index in [-0.39, 0.29) is 47.3 Å². The Morgan fingerprint density at radius 3 is 2.59 bits per heavy atom. The number of aliphatic hydroxyl groups is 2. The molecule has 6 aliphatic rings. The van der Waals surface area contributed by atoms with Crippen LogP contribution >= 0.6 is 0 Å². The van der Waals surface area contributed by atoms with E-state index in [0.717, 1.165) is 63.4 Å². The van der Waals surface area contributed by atoms with Crippen LogP contribution in [0.1, 0.15) is 85.0 Å². The molecule has 2 saturated carbocycles. The number of allylic oxidation sites excluding steroid dienone is 1. The molecule has 0 spiro atoms. The van der Waals surface area contributed by atoms with Gasteiger partial charge in [0.05, 0.1) is 23.9 Å². The SMILES string of the molecule is CO[C@@H]1C[C@H](O[C@H]2CC[C@]3(C)C4=C(CC[C@@H]3C2)[C@@]2(O)CC[C@H](C3=CC(=O)OC3)[C@@]2(C)CC4)O[C@H](C)[C@@H]1O. The summed E-state index contributed by atoms with van der Waals surface area (Å²) >= 11 is 0. The van der Waals surface area contributed by atoms with Crippen LogP contribution in [-0.4, -0.2) is 66.2 Å². The van der Waals surface area contributed by atoms with Gasteiger partial charge in [-0.3, -0.25) is 0 Å². The van der Waals surface area contributed by atoms with Crippen molar-refractivity contribution >= 4 is 5.97 Å². The van der Waals surface area contributed by atoms with Crippen LogP contribution in [0.15, 0.2) is 22.8 Å². The van der Waals surface area contributed by atoms with Gasteiger partial charge >= 0.3 is 5.97 Å². The van der Waals surface area contributed by atoms with Gasteiger partial charge in [0.2, 0.25) is 0 Å². The Balaban J connectivity index is 1.19. The molecule has 0 amide bonds. The number of carbonyl (C=O) groups excluding carboxylic acids is 1. The van der Waals surface area contributed by atoms with Gasteiger partial charge in [-0.15, -0.1) is 0 Å². The largest absolute Gasteiger partial charge is 0.458 e. The maximum Gasteiger partial charge on any atom is 0.331 e. The van der Waals surface area contributed by atoms with Crippen molar-refractivity contribution in [1.29, 1.82) is 0 Å². The normalized spacial score (nSPS) is 49.7. The van der Waals surface area contributed by atoms with E-state index in [1.54, 1.807) is 13.2 Å². The van der Waals surface area contributed by atoms with Gasteiger partial charge in [-0.2, -0.15) is 0 Å². The molecule has 0 aromatic rings. The second-order valence-corrected chi connectivity index (χ2v) is 13.1. The second-order valence-electron chi connectivity index (χ2n) is 13.1. The number of fused-ring (bicyclic) bond motifs is 4. The Bertz CT molecular complexity index is 1000. The lowest BCUT2D eigenvalue weighted by Crippen LogP contribution is -2.54. The van der Waals surface area contributed by atoms with Crippen molar-refractivity contribution in [3.05, 3.63) is 22.8 Å². The van der Waals surface area contributed by atoms with E-state index in [4.69, 9.17) is 18.9 Å². The van der Waals surface area contributed by atoms with Gasteiger partial charge in [0, 0.05) is 25.0 Å². The highest BCUT2D eigenvalue weighted by Gasteiger charge is 2.63. The standard InChI is InChI=1S/C30H44O7/c1-17-27(32)24(34-4)15-26(36-17)37-20-7-10-28(2)19(14-20)5-6-23-22(28)8-11-29(3)21(9-12-30(23,29)33)18-13-25(31)35-16-18/h13,17,19-21,24,26-27,32-33H,5-12,14-16H2,1-4H3/t17-,19-,20+,21-,24-,26+,27+,28+,29-,30+/m1/s1. The molecule has 206 valence electrons. The average Bonchev–Trinajstić information content (AvgIpc) is 3.41. The highest BCUT2D eigenvalue weighted by Crippen LogP contribution is 2.67. The molecule has 1 saturated heterocycles. The van der Waals surface area contributed by atoms with Gasteiger partial charge in [-0.05, 0) is 93.1 Å². The maximum absolute atomic E-state index is 12.3. The lowest BCUT2D eigenvalue weighted by atomic mass is 9.49.